The summed E-state index contributed by atoms with van der Waals surface area (Å²) in [6.45, 7) is 11.0. The van der Waals surface area contributed by atoms with Gasteiger partial charge in [0.1, 0.15) is 5.60 Å². The molecule has 0 N–H and O–H groups in total. The molecule has 0 aromatic heterocycles. The molecule has 23 heavy (non-hydrogen) atoms. The number of fused-ring (bicyclic) bond motifs is 2. The maximum Gasteiger partial charge on any atom is 0.217 e. The van der Waals surface area contributed by atoms with Crippen LogP contribution in [-0.2, 0) is 14.5 Å². The van der Waals surface area contributed by atoms with E-state index in [0.29, 0.717) is 11.3 Å². The van der Waals surface area contributed by atoms with Crippen LogP contribution >= 0.6 is 0 Å². The van der Waals surface area contributed by atoms with Crippen molar-refractivity contribution in [2.45, 2.75) is 51.9 Å². The zero-order valence-electron chi connectivity index (χ0n) is 14.7. The highest BCUT2D eigenvalue weighted by Gasteiger charge is 2.60. The predicted molar refractivity (Wildman–Crippen MR) is 91.5 cm³/mol. The van der Waals surface area contributed by atoms with E-state index < -0.39 is 6.29 Å². The Balaban J connectivity index is 1.65. The van der Waals surface area contributed by atoms with Crippen molar-refractivity contribution in [3.63, 3.8) is 0 Å². The number of hydrogen-bond donors (Lipinski definition) is 0. The molecule has 2 bridgehead atoms. The van der Waals surface area contributed by atoms with Crippen LogP contribution in [0.2, 0.25) is 0 Å². The van der Waals surface area contributed by atoms with Crippen molar-refractivity contribution in [1.82, 2.24) is 0 Å². The average molecular weight is 316 g/mol. The van der Waals surface area contributed by atoms with Gasteiger partial charge in [-0.1, -0.05) is 50.8 Å². The Labute approximate surface area is 139 Å². The van der Waals surface area contributed by atoms with Gasteiger partial charge in [-0.2, -0.15) is 4.89 Å². The van der Waals surface area contributed by atoms with Crippen molar-refractivity contribution in [3.8, 4) is 0 Å². The molecule has 3 aliphatic rings. The van der Waals surface area contributed by atoms with E-state index in [1.165, 1.54) is 12.8 Å². The summed E-state index contributed by atoms with van der Waals surface area (Å²) >= 11 is 0. The highest BCUT2D eigenvalue weighted by molar-refractivity contribution is 5.65. The standard InChI is InChI=1S/C20H28O3/c1-14(15-9-7-6-8-10-15)18(21-5)22-23-20(4)12-11-16-13-17(20)19(16,2)3/h6-10,16-18H,1,11-13H2,2-5H3. The molecule has 3 saturated carbocycles. The van der Waals surface area contributed by atoms with Crippen LogP contribution < -0.4 is 0 Å². The summed E-state index contributed by atoms with van der Waals surface area (Å²) in [6.07, 6.45) is 2.90. The molecule has 0 spiro atoms. The molecule has 3 fully saturated rings. The summed E-state index contributed by atoms with van der Waals surface area (Å²) in [6, 6.07) is 9.94. The molecule has 4 atom stereocenters. The zero-order valence-corrected chi connectivity index (χ0v) is 14.7. The molecule has 0 radical (unpaired) electrons. The highest BCUT2D eigenvalue weighted by Crippen LogP contribution is 2.63. The summed E-state index contributed by atoms with van der Waals surface area (Å²) < 4.78 is 5.46. The molecular weight excluding hydrogens is 288 g/mol. The summed E-state index contributed by atoms with van der Waals surface area (Å²) in [5, 5.41) is 0. The van der Waals surface area contributed by atoms with E-state index >= 15 is 0 Å². The first kappa shape index (κ1) is 16.7. The number of ether oxygens (including phenoxy) is 1. The third-order valence-corrected chi connectivity index (χ3v) is 6.17. The van der Waals surface area contributed by atoms with Crippen molar-refractivity contribution < 1.29 is 14.5 Å². The van der Waals surface area contributed by atoms with Crippen LogP contribution in [-0.4, -0.2) is 19.0 Å². The second-order valence-electron chi connectivity index (χ2n) is 7.80. The third-order valence-electron chi connectivity index (χ3n) is 6.17. The van der Waals surface area contributed by atoms with Crippen LogP contribution in [0.5, 0.6) is 0 Å². The number of hydrogen-bond acceptors (Lipinski definition) is 3. The summed E-state index contributed by atoms with van der Waals surface area (Å²) in [4.78, 5) is 11.7. The molecule has 0 aliphatic heterocycles. The van der Waals surface area contributed by atoms with Crippen molar-refractivity contribution in [3.05, 3.63) is 42.5 Å². The van der Waals surface area contributed by atoms with Gasteiger partial charge in [-0.05, 0) is 49.0 Å². The van der Waals surface area contributed by atoms with E-state index in [9.17, 15) is 0 Å². The number of methoxy groups -OCH3 is 1. The Morgan fingerprint density at radius 2 is 1.91 bits per heavy atom. The average Bonchev–Trinajstić information content (AvgIpc) is 2.55. The van der Waals surface area contributed by atoms with Gasteiger partial charge in [-0.25, -0.2) is 4.89 Å². The van der Waals surface area contributed by atoms with Gasteiger partial charge in [-0.3, -0.25) is 0 Å². The molecule has 3 nitrogen and oxygen atoms in total. The lowest BCUT2D eigenvalue weighted by molar-refractivity contribution is -0.435. The van der Waals surface area contributed by atoms with Gasteiger partial charge in [0.2, 0.25) is 6.29 Å². The van der Waals surface area contributed by atoms with E-state index in [1.54, 1.807) is 7.11 Å². The van der Waals surface area contributed by atoms with Crippen LogP contribution in [0.4, 0.5) is 0 Å². The molecule has 4 rings (SSSR count). The third kappa shape index (κ3) is 2.86. The van der Waals surface area contributed by atoms with Crippen LogP contribution in [0, 0.1) is 17.3 Å². The first-order valence-corrected chi connectivity index (χ1v) is 8.50. The Kier molecular flexibility index (Phi) is 4.39. The first-order chi connectivity index (χ1) is 10.9. The van der Waals surface area contributed by atoms with Gasteiger partial charge >= 0.3 is 0 Å². The minimum atomic E-state index is -0.588. The van der Waals surface area contributed by atoms with E-state index in [1.807, 2.05) is 30.3 Å². The second-order valence-corrected chi connectivity index (χ2v) is 7.80. The fourth-order valence-corrected chi connectivity index (χ4v) is 4.46. The van der Waals surface area contributed by atoms with Gasteiger partial charge in [0, 0.05) is 12.7 Å². The molecule has 1 aromatic rings. The lowest BCUT2D eigenvalue weighted by atomic mass is 9.44. The lowest BCUT2D eigenvalue weighted by Crippen LogP contribution is -2.61. The van der Waals surface area contributed by atoms with Crippen molar-refractivity contribution in [1.29, 1.82) is 0 Å². The molecule has 0 saturated heterocycles. The topological polar surface area (TPSA) is 27.7 Å². The van der Waals surface area contributed by atoms with Crippen LogP contribution in [0.15, 0.2) is 36.9 Å². The second kappa shape index (κ2) is 6.04. The molecule has 3 aliphatic carbocycles. The number of benzene rings is 1. The summed E-state index contributed by atoms with van der Waals surface area (Å²) in [5.74, 6) is 1.37. The zero-order chi connectivity index (χ0) is 16.7. The number of rotatable bonds is 6. The SMILES string of the molecule is C=C(c1ccccc1)C(OC)OOC1(C)CCC2CC1C2(C)C. The molecule has 0 amide bonds. The highest BCUT2D eigenvalue weighted by atomic mass is 17.2. The largest absolute Gasteiger partial charge is 0.349 e. The quantitative estimate of drug-likeness (QED) is 0.427. The fraction of sp³-hybridized carbons (Fsp3) is 0.600. The van der Waals surface area contributed by atoms with Crippen LogP contribution in [0.3, 0.4) is 0 Å². The molecule has 0 heterocycles. The van der Waals surface area contributed by atoms with Crippen molar-refractivity contribution in [2.75, 3.05) is 7.11 Å². The van der Waals surface area contributed by atoms with Gasteiger partial charge < -0.3 is 4.74 Å². The van der Waals surface area contributed by atoms with Crippen LogP contribution in [0.25, 0.3) is 5.57 Å². The Morgan fingerprint density at radius 1 is 1.22 bits per heavy atom. The Bertz CT molecular complexity index is 564. The smallest absolute Gasteiger partial charge is 0.217 e. The van der Waals surface area contributed by atoms with Gasteiger partial charge in [-0.15, -0.1) is 0 Å². The summed E-state index contributed by atoms with van der Waals surface area (Å²) in [7, 11) is 1.62. The van der Waals surface area contributed by atoms with Crippen molar-refractivity contribution >= 4 is 5.57 Å². The van der Waals surface area contributed by atoms with Crippen molar-refractivity contribution in [2.24, 2.45) is 17.3 Å². The molecule has 4 unspecified atom stereocenters. The van der Waals surface area contributed by atoms with Gasteiger partial charge in [0.15, 0.2) is 0 Å². The monoisotopic (exact) mass is 316 g/mol. The molecular formula is C20H28O3. The maximum absolute atomic E-state index is 5.97. The molecule has 126 valence electrons. The normalized spacial score (nSPS) is 32.9. The van der Waals surface area contributed by atoms with Gasteiger partial charge in [0.05, 0.1) is 0 Å². The minimum absolute atomic E-state index is 0.244. The maximum atomic E-state index is 5.97. The van der Waals surface area contributed by atoms with Crippen LogP contribution in [0.1, 0.15) is 45.6 Å². The van der Waals surface area contributed by atoms with E-state index in [-0.39, 0.29) is 5.60 Å². The van der Waals surface area contributed by atoms with E-state index in [0.717, 1.165) is 23.5 Å². The predicted octanol–water partition coefficient (Wildman–Crippen LogP) is 4.84. The van der Waals surface area contributed by atoms with E-state index in [4.69, 9.17) is 14.5 Å². The lowest BCUT2D eigenvalue weighted by Gasteiger charge is -2.63. The first-order valence-electron chi connectivity index (χ1n) is 8.50. The minimum Gasteiger partial charge on any atom is -0.349 e. The summed E-state index contributed by atoms with van der Waals surface area (Å²) in [5.41, 5.74) is 1.88. The van der Waals surface area contributed by atoms with E-state index in [2.05, 4.69) is 27.4 Å². The Morgan fingerprint density at radius 3 is 2.48 bits per heavy atom. The Hall–Kier alpha value is -1.16. The molecule has 3 heteroatoms. The van der Waals surface area contributed by atoms with Gasteiger partial charge in [0.25, 0.3) is 0 Å². The fourth-order valence-electron chi connectivity index (χ4n) is 4.46. The molecule has 1 aromatic carbocycles.